The number of hydrogen-bond acceptors (Lipinski definition) is 6. The molecule has 0 saturated carbocycles. The molecule has 12 nitrogen and oxygen atoms in total. The average Bonchev–Trinajstić information content (AvgIpc) is 3.54. The monoisotopic (exact) mass is 555 g/mol. The summed E-state index contributed by atoms with van der Waals surface area (Å²) in [5, 5.41) is 10.5. The van der Waals surface area contributed by atoms with Gasteiger partial charge in [-0.2, -0.15) is 4.99 Å². The second-order valence-electron chi connectivity index (χ2n) is 8.10. The molecular formula is C27H22ClN9O3. The van der Waals surface area contributed by atoms with Crippen LogP contribution in [0.1, 0.15) is 20.7 Å². The Labute approximate surface area is 233 Å². The summed E-state index contributed by atoms with van der Waals surface area (Å²) in [4.78, 5) is 43.9. The second-order valence-corrected chi connectivity index (χ2v) is 8.10. The van der Waals surface area contributed by atoms with Crippen molar-refractivity contribution in [2.45, 2.75) is 0 Å². The van der Waals surface area contributed by atoms with Gasteiger partial charge in [-0.1, -0.05) is 12.1 Å². The van der Waals surface area contributed by atoms with E-state index in [9.17, 15) is 14.7 Å². The molecule has 6 aromatic heterocycles. The summed E-state index contributed by atoms with van der Waals surface area (Å²) in [7, 11) is 0. The zero-order valence-electron chi connectivity index (χ0n) is 20.7. The van der Waals surface area contributed by atoms with Gasteiger partial charge in [0.25, 0.3) is 5.91 Å². The van der Waals surface area contributed by atoms with Crippen molar-refractivity contribution in [1.82, 2.24) is 29.1 Å². The normalized spacial score (nSPS) is 10.3. The first kappa shape index (κ1) is 27.4. The van der Waals surface area contributed by atoms with Gasteiger partial charge in [0.2, 0.25) is 0 Å². The highest BCUT2D eigenvalue weighted by Crippen LogP contribution is 2.23. The van der Waals surface area contributed by atoms with Gasteiger partial charge in [0, 0.05) is 48.0 Å². The number of carboxylic acid groups (broad SMARTS) is 1. The van der Waals surface area contributed by atoms with Gasteiger partial charge in [0.05, 0.1) is 11.1 Å². The number of fused-ring (bicyclic) bond motifs is 2. The number of hydrogen-bond donors (Lipinski definition) is 3. The molecule has 6 heterocycles. The number of carbonyl (C=O) groups excluding carboxylic acids is 1. The minimum atomic E-state index is -0.970. The van der Waals surface area contributed by atoms with E-state index in [0.717, 1.165) is 0 Å². The molecule has 1 amide bonds. The smallest absolute Gasteiger partial charge is 0.337 e. The molecule has 40 heavy (non-hydrogen) atoms. The summed E-state index contributed by atoms with van der Waals surface area (Å²) >= 11 is 0. The van der Waals surface area contributed by atoms with Crippen LogP contribution in [0.4, 0.5) is 0 Å². The van der Waals surface area contributed by atoms with Gasteiger partial charge in [0.1, 0.15) is 22.9 Å². The van der Waals surface area contributed by atoms with E-state index < -0.39 is 11.9 Å². The summed E-state index contributed by atoms with van der Waals surface area (Å²) in [6.45, 7) is 0. The van der Waals surface area contributed by atoms with E-state index in [2.05, 4.69) is 24.9 Å². The molecule has 0 fully saturated rings. The van der Waals surface area contributed by atoms with Crippen molar-refractivity contribution in [2.24, 2.45) is 16.5 Å². The Hall–Kier alpha value is -5.62. The molecule has 0 radical (unpaired) electrons. The van der Waals surface area contributed by atoms with Crippen LogP contribution in [-0.4, -0.2) is 52.0 Å². The first-order valence-corrected chi connectivity index (χ1v) is 11.6. The summed E-state index contributed by atoms with van der Waals surface area (Å²) in [5.41, 5.74) is 12.3. The number of rotatable bonds is 4. The van der Waals surface area contributed by atoms with Crippen molar-refractivity contribution in [3.63, 3.8) is 0 Å². The molecule has 0 aliphatic heterocycles. The molecule has 13 heteroatoms. The summed E-state index contributed by atoms with van der Waals surface area (Å²) in [6, 6.07) is 17.9. The minimum absolute atomic E-state index is 0. The highest BCUT2D eigenvalue weighted by Gasteiger charge is 2.17. The molecule has 0 aliphatic carbocycles. The van der Waals surface area contributed by atoms with Crippen molar-refractivity contribution in [2.75, 3.05) is 0 Å². The average molecular weight is 556 g/mol. The van der Waals surface area contributed by atoms with E-state index in [0.29, 0.717) is 39.3 Å². The van der Waals surface area contributed by atoms with Crippen LogP contribution < -0.4 is 11.5 Å². The van der Waals surface area contributed by atoms with Crippen molar-refractivity contribution in [3.05, 3.63) is 109 Å². The van der Waals surface area contributed by atoms with Crippen LogP contribution >= 0.6 is 12.4 Å². The number of nitrogens with two attached hydrogens (primary N) is 2. The lowest BCUT2D eigenvalue weighted by Gasteiger charge is -2.01. The lowest BCUT2D eigenvalue weighted by atomic mass is 10.2. The molecule has 0 spiro atoms. The Morgan fingerprint density at radius 3 is 1.60 bits per heavy atom. The zero-order valence-corrected chi connectivity index (χ0v) is 21.5. The Morgan fingerprint density at radius 1 is 0.675 bits per heavy atom. The third-order valence-corrected chi connectivity index (χ3v) is 5.61. The first-order valence-electron chi connectivity index (χ1n) is 11.6. The molecule has 0 aromatic carbocycles. The Morgan fingerprint density at radius 2 is 1.15 bits per heavy atom. The van der Waals surface area contributed by atoms with Crippen molar-refractivity contribution in [1.29, 1.82) is 0 Å². The maximum absolute atomic E-state index is 12.1. The molecule has 5 N–H and O–H groups in total. The van der Waals surface area contributed by atoms with Crippen LogP contribution in [0.5, 0.6) is 0 Å². The summed E-state index contributed by atoms with van der Waals surface area (Å²) in [5.74, 6) is -0.452. The van der Waals surface area contributed by atoms with Crippen molar-refractivity contribution < 1.29 is 14.7 Å². The molecule has 6 rings (SSSR count). The van der Waals surface area contributed by atoms with Gasteiger partial charge < -0.3 is 16.6 Å². The number of aromatic carboxylic acids is 1. The molecule has 0 atom stereocenters. The lowest BCUT2D eigenvalue weighted by molar-refractivity contribution is 0.0698. The molecule has 200 valence electrons. The van der Waals surface area contributed by atoms with E-state index in [4.69, 9.17) is 11.5 Å². The fourth-order valence-electron chi connectivity index (χ4n) is 3.98. The van der Waals surface area contributed by atoms with Gasteiger partial charge >= 0.3 is 5.97 Å². The number of aromatic nitrogens is 6. The zero-order chi connectivity index (χ0) is 27.4. The van der Waals surface area contributed by atoms with Crippen LogP contribution in [0.3, 0.4) is 0 Å². The Balaban J connectivity index is 0.000000182. The third kappa shape index (κ3) is 5.47. The number of aliphatic imine (C=N–C) groups is 1. The highest BCUT2D eigenvalue weighted by atomic mass is 35.5. The van der Waals surface area contributed by atoms with Gasteiger partial charge in [-0.25, -0.2) is 24.7 Å². The first-order chi connectivity index (χ1) is 18.9. The van der Waals surface area contributed by atoms with Crippen LogP contribution in [-0.2, 0) is 0 Å². The molecular weight excluding hydrogens is 534 g/mol. The SMILES string of the molecule is Cl.NC(N)=NC(=O)c1cn(-c2ccccn2)c2ncccc12.O=C(O)c1cn(-c2ccccn2)c2ncccc12. The number of halogens is 1. The van der Waals surface area contributed by atoms with Crippen LogP contribution in [0.25, 0.3) is 33.7 Å². The predicted molar refractivity (Wildman–Crippen MR) is 152 cm³/mol. The van der Waals surface area contributed by atoms with E-state index in [1.54, 1.807) is 82.7 Å². The van der Waals surface area contributed by atoms with Gasteiger partial charge in [-0.3, -0.25) is 13.9 Å². The summed E-state index contributed by atoms with van der Waals surface area (Å²) in [6.07, 6.45) is 9.78. The molecule has 6 aromatic rings. The fraction of sp³-hybridized carbons (Fsp3) is 0. The fourth-order valence-corrected chi connectivity index (χ4v) is 3.98. The maximum Gasteiger partial charge on any atom is 0.337 e. The molecule has 0 saturated heterocycles. The number of nitrogens with zero attached hydrogens (tertiary/aromatic N) is 7. The number of guanidine groups is 1. The molecule has 0 unspecified atom stereocenters. The second kappa shape index (κ2) is 11.8. The molecule has 0 aliphatic rings. The van der Waals surface area contributed by atoms with E-state index in [-0.39, 0.29) is 23.9 Å². The Kier molecular flexibility index (Phi) is 8.11. The topological polar surface area (TPSA) is 180 Å². The predicted octanol–water partition coefficient (Wildman–Crippen LogP) is 3.37. The quantitative estimate of drug-likeness (QED) is 0.217. The van der Waals surface area contributed by atoms with Crippen LogP contribution in [0.2, 0.25) is 0 Å². The van der Waals surface area contributed by atoms with Crippen molar-refractivity contribution >= 4 is 52.3 Å². The van der Waals surface area contributed by atoms with Gasteiger partial charge in [0.15, 0.2) is 5.96 Å². The number of pyridine rings is 4. The third-order valence-electron chi connectivity index (χ3n) is 5.61. The lowest BCUT2D eigenvalue weighted by Crippen LogP contribution is -2.24. The largest absolute Gasteiger partial charge is 0.478 e. The summed E-state index contributed by atoms with van der Waals surface area (Å²) < 4.78 is 3.41. The van der Waals surface area contributed by atoms with Crippen molar-refractivity contribution in [3.8, 4) is 11.6 Å². The molecule has 0 bridgehead atoms. The Bertz CT molecular complexity index is 1830. The highest BCUT2D eigenvalue weighted by molar-refractivity contribution is 6.10. The van der Waals surface area contributed by atoms with Gasteiger partial charge in [-0.15, -0.1) is 12.4 Å². The van der Waals surface area contributed by atoms with Crippen LogP contribution in [0, 0.1) is 0 Å². The number of carboxylic acids is 1. The van der Waals surface area contributed by atoms with E-state index in [1.165, 1.54) is 0 Å². The van der Waals surface area contributed by atoms with E-state index in [1.807, 2.05) is 24.3 Å². The van der Waals surface area contributed by atoms with Crippen LogP contribution in [0.15, 0.2) is 103 Å². The standard InChI is InChI=1S/C14H12N6O.C13H9N3O2.ClH/c15-14(16)19-13(21)10-8-20(11-5-1-2-6-17-11)12-9(10)4-3-7-18-12;17-13(18)10-8-16(11-5-1-2-6-14-11)12-9(10)4-3-7-15-12;/h1-8H,(H4,15,16,19,21);1-8H,(H,17,18);1H. The number of amides is 1. The maximum atomic E-state index is 12.1. The van der Waals surface area contributed by atoms with Gasteiger partial charge in [-0.05, 0) is 48.5 Å². The van der Waals surface area contributed by atoms with E-state index >= 15 is 0 Å². The number of carbonyl (C=O) groups is 2. The minimum Gasteiger partial charge on any atom is -0.478 e.